The van der Waals surface area contributed by atoms with Gasteiger partial charge in [0.15, 0.2) is 5.82 Å². The molecule has 0 unspecified atom stereocenters. The van der Waals surface area contributed by atoms with Crippen molar-refractivity contribution in [1.82, 2.24) is 29.6 Å². The Kier molecular flexibility index (Phi) is 2.67. The second-order valence-corrected chi connectivity index (χ2v) is 4.28. The van der Waals surface area contributed by atoms with E-state index in [1.54, 1.807) is 11.2 Å². The van der Waals surface area contributed by atoms with Gasteiger partial charge in [-0.3, -0.25) is 4.79 Å². The summed E-state index contributed by atoms with van der Waals surface area (Å²) in [6.45, 7) is 1.73. The van der Waals surface area contributed by atoms with Crippen molar-refractivity contribution in [2.75, 3.05) is 6.54 Å². The van der Waals surface area contributed by atoms with Crippen LogP contribution in [0.1, 0.15) is 16.3 Å². The van der Waals surface area contributed by atoms with Gasteiger partial charge in [0.25, 0.3) is 5.91 Å². The summed E-state index contributed by atoms with van der Waals surface area (Å²) >= 11 is 5.63. The summed E-state index contributed by atoms with van der Waals surface area (Å²) in [6, 6.07) is 0. The molecule has 7 nitrogen and oxygen atoms in total. The average Bonchev–Trinajstić information content (AvgIpc) is 2.86. The van der Waals surface area contributed by atoms with Gasteiger partial charge in [-0.2, -0.15) is 0 Å². The Morgan fingerprint density at radius 2 is 2.17 bits per heavy atom. The van der Waals surface area contributed by atoms with E-state index in [9.17, 15) is 4.79 Å². The molecule has 0 aromatic carbocycles. The molecule has 0 fully saturated rings. The standard InChI is InChI=1S/C10H9ClN6O/c11-8-4-12-7(3-13-8)10(18)16-1-2-17-6-14-15-9(17)5-16/h3-4,6H,1-2,5H2. The van der Waals surface area contributed by atoms with E-state index in [-0.39, 0.29) is 16.8 Å². The van der Waals surface area contributed by atoms with Crippen LogP contribution >= 0.6 is 11.6 Å². The van der Waals surface area contributed by atoms with E-state index in [0.717, 1.165) is 5.82 Å². The van der Waals surface area contributed by atoms with Gasteiger partial charge in [-0.05, 0) is 0 Å². The fourth-order valence-electron chi connectivity index (χ4n) is 1.82. The van der Waals surface area contributed by atoms with Crippen LogP contribution in [0, 0.1) is 0 Å². The van der Waals surface area contributed by atoms with Crippen LogP contribution in [-0.4, -0.2) is 42.1 Å². The molecule has 0 saturated heterocycles. The number of fused-ring (bicyclic) bond motifs is 1. The first-order chi connectivity index (χ1) is 8.74. The molecule has 0 bridgehead atoms. The Bertz CT molecular complexity index is 580. The van der Waals surface area contributed by atoms with Crippen molar-refractivity contribution in [3.63, 3.8) is 0 Å². The molecule has 0 atom stereocenters. The topological polar surface area (TPSA) is 76.8 Å². The lowest BCUT2D eigenvalue weighted by Gasteiger charge is -2.26. The maximum atomic E-state index is 12.2. The molecule has 1 amide bonds. The van der Waals surface area contributed by atoms with Gasteiger partial charge in [0.05, 0.1) is 18.9 Å². The third-order valence-electron chi connectivity index (χ3n) is 2.77. The average molecular weight is 265 g/mol. The van der Waals surface area contributed by atoms with Crippen molar-refractivity contribution in [2.45, 2.75) is 13.1 Å². The normalized spacial score (nSPS) is 14.4. The van der Waals surface area contributed by atoms with E-state index in [4.69, 9.17) is 11.6 Å². The highest BCUT2D eigenvalue weighted by atomic mass is 35.5. The number of carbonyl (C=O) groups is 1. The van der Waals surface area contributed by atoms with E-state index in [1.807, 2.05) is 4.57 Å². The molecule has 92 valence electrons. The highest BCUT2D eigenvalue weighted by Crippen LogP contribution is 2.12. The lowest BCUT2D eigenvalue weighted by molar-refractivity contribution is 0.0701. The van der Waals surface area contributed by atoms with E-state index < -0.39 is 0 Å². The summed E-state index contributed by atoms with van der Waals surface area (Å²) in [5, 5.41) is 8.04. The molecule has 3 heterocycles. The minimum absolute atomic E-state index is 0.173. The zero-order chi connectivity index (χ0) is 12.5. The Morgan fingerprint density at radius 3 is 2.94 bits per heavy atom. The number of aromatic nitrogens is 5. The minimum atomic E-state index is -0.173. The van der Waals surface area contributed by atoms with Crippen LogP contribution in [0.2, 0.25) is 5.15 Å². The lowest BCUT2D eigenvalue weighted by Crippen LogP contribution is -2.38. The van der Waals surface area contributed by atoms with Crippen molar-refractivity contribution in [3.8, 4) is 0 Å². The molecule has 0 saturated carbocycles. The van der Waals surface area contributed by atoms with E-state index in [1.165, 1.54) is 12.4 Å². The van der Waals surface area contributed by atoms with Gasteiger partial charge in [0, 0.05) is 13.1 Å². The van der Waals surface area contributed by atoms with Crippen molar-refractivity contribution < 1.29 is 4.79 Å². The molecule has 18 heavy (non-hydrogen) atoms. The van der Waals surface area contributed by atoms with E-state index >= 15 is 0 Å². The maximum absolute atomic E-state index is 12.2. The first kappa shape index (κ1) is 11.1. The fourth-order valence-corrected chi connectivity index (χ4v) is 1.92. The molecule has 1 aliphatic heterocycles. The third-order valence-corrected chi connectivity index (χ3v) is 2.96. The van der Waals surface area contributed by atoms with Gasteiger partial charge in [-0.15, -0.1) is 10.2 Å². The van der Waals surface area contributed by atoms with Crippen molar-refractivity contribution in [1.29, 1.82) is 0 Å². The Labute approximate surface area is 107 Å². The van der Waals surface area contributed by atoms with Gasteiger partial charge >= 0.3 is 0 Å². The maximum Gasteiger partial charge on any atom is 0.274 e. The zero-order valence-electron chi connectivity index (χ0n) is 9.32. The summed E-state index contributed by atoms with van der Waals surface area (Å²) in [5.74, 6) is 0.602. The van der Waals surface area contributed by atoms with Crippen LogP contribution in [0.25, 0.3) is 0 Å². The van der Waals surface area contributed by atoms with Crippen LogP contribution in [0.15, 0.2) is 18.7 Å². The first-order valence-electron chi connectivity index (χ1n) is 5.37. The summed E-state index contributed by atoms with van der Waals surface area (Å²) in [6.07, 6.45) is 4.41. The lowest BCUT2D eigenvalue weighted by atomic mass is 10.3. The molecule has 2 aromatic rings. The van der Waals surface area contributed by atoms with Crippen molar-refractivity contribution >= 4 is 17.5 Å². The van der Waals surface area contributed by atoms with Gasteiger partial charge < -0.3 is 9.47 Å². The van der Waals surface area contributed by atoms with Gasteiger partial charge in [-0.25, -0.2) is 9.97 Å². The van der Waals surface area contributed by atoms with Gasteiger partial charge in [-0.1, -0.05) is 11.6 Å². The van der Waals surface area contributed by atoms with Crippen LogP contribution in [0.5, 0.6) is 0 Å². The Hall–Kier alpha value is -2.02. The monoisotopic (exact) mass is 264 g/mol. The molecule has 0 N–H and O–H groups in total. The Balaban J connectivity index is 1.80. The molecule has 0 radical (unpaired) electrons. The highest BCUT2D eigenvalue weighted by Gasteiger charge is 2.23. The summed E-state index contributed by atoms with van der Waals surface area (Å²) < 4.78 is 1.93. The predicted octanol–water partition coefficient (Wildman–Crippen LogP) is 0.377. The zero-order valence-corrected chi connectivity index (χ0v) is 10.1. The second-order valence-electron chi connectivity index (χ2n) is 3.89. The second kappa shape index (κ2) is 4.34. The predicted molar refractivity (Wildman–Crippen MR) is 61.8 cm³/mol. The molecule has 1 aliphatic rings. The van der Waals surface area contributed by atoms with E-state index in [0.29, 0.717) is 19.6 Å². The molecular weight excluding hydrogens is 256 g/mol. The highest BCUT2D eigenvalue weighted by molar-refractivity contribution is 6.29. The summed E-state index contributed by atoms with van der Waals surface area (Å²) in [4.78, 5) is 21.7. The summed E-state index contributed by atoms with van der Waals surface area (Å²) in [7, 11) is 0. The largest absolute Gasteiger partial charge is 0.328 e. The van der Waals surface area contributed by atoms with E-state index in [2.05, 4.69) is 20.2 Å². The Morgan fingerprint density at radius 1 is 1.28 bits per heavy atom. The van der Waals surface area contributed by atoms with Crippen molar-refractivity contribution in [3.05, 3.63) is 35.4 Å². The van der Waals surface area contributed by atoms with Crippen LogP contribution in [0.3, 0.4) is 0 Å². The van der Waals surface area contributed by atoms with Crippen LogP contribution in [-0.2, 0) is 13.1 Å². The number of hydrogen-bond donors (Lipinski definition) is 0. The fraction of sp³-hybridized carbons (Fsp3) is 0.300. The van der Waals surface area contributed by atoms with Gasteiger partial charge in [0.1, 0.15) is 17.2 Å². The summed E-state index contributed by atoms with van der Waals surface area (Å²) in [5.41, 5.74) is 0.285. The number of rotatable bonds is 1. The molecule has 3 rings (SSSR count). The van der Waals surface area contributed by atoms with Crippen LogP contribution in [0.4, 0.5) is 0 Å². The minimum Gasteiger partial charge on any atom is -0.328 e. The van der Waals surface area contributed by atoms with Crippen LogP contribution < -0.4 is 0 Å². The smallest absolute Gasteiger partial charge is 0.274 e. The number of halogens is 1. The molecule has 0 aliphatic carbocycles. The van der Waals surface area contributed by atoms with Gasteiger partial charge in [0.2, 0.25) is 0 Å². The number of amides is 1. The third kappa shape index (κ3) is 1.92. The van der Waals surface area contributed by atoms with Crippen molar-refractivity contribution in [2.24, 2.45) is 0 Å². The number of nitrogens with zero attached hydrogens (tertiary/aromatic N) is 6. The first-order valence-corrected chi connectivity index (χ1v) is 5.75. The molecule has 8 heteroatoms. The quantitative estimate of drug-likeness (QED) is 0.744. The molecule has 2 aromatic heterocycles. The molecular formula is C10H9ClN6O. The SMILES string of the molecule is O=C(c1cnc(Cl)cn1)N1CCn2cnnc2C1. The number of carbonyl (C=O) groups excluding carboxylic acids is 1. The number of hydrogen-bond acceptors (Lipinski definition) is 5. The molecule has 0 spiro atoms.